The summed E-state index contributed by atoms with van der Waals surface area (Å²) >= 11 is 0. The molecule has 0 radical (unpaired) electrons. The summed E-state index contributed by atoms with van der Waals surface area (Å²) in [7, 11) is 0. The fourth-order valence-electron chi connectivity index (χ4n) is 1.14. The van der Waals surface area contributed by atoms with Gasteiger partial charge in [-0.15, -0.1) is 0 Å². The molecule has 0 aromatic carbocycles. The first-order valence-electron chi connectivity index (χ1n) is 5.12. The molecule has 0 rings (SSSR count). The molecule has 150 valence electrons. The van der Waals surface area contributed by atoms with Gasteiger partial charge in [-0.2, -0.15) is 65.9 Å². The van der Waals surface area contributed by atoms with E-state index in [4.69, 9.17) is 5.41 Å². The van der Waals surface area contributed by atoms with Crippen molar-refractivity contribution in [2.45, 2.75) is 41.7 Å². The molecule has 0 fully saturated rings. The molecule has 2 nitrogen and oxygen atoms in total. The van der Waals surface area contributed by atoms with Crippen molar-refractivity contribution >= 4 is 5.84 Å². The lowest BCUT2D eigenvalue weighted by atomic mass is 9.91. The van der Waals surface area contributed by atoms with Crippen LogP contribution in [0.4, 0.5) is 65.9 Å². The Kier molecular flexibility index (Phi) is 5.11. The highest BCUT2D eigenvalue weighted by molar-refractivity contribution is 5.85. The number of nitrogens with two attached hydrogens (primary N) is 1. The number of amidine groups is 1. The summed E-state index contributed by atoms with van der Waals surface area (Å²) in [6.45, 7) is 0. The van der Waals surface area contributed by atoms with Gasteiger partial charge in [-0.1, -0.05) is 0 Å². The first kappa shape index (κ1) is 23.4. The predicted octanol–water partition coefficient (Wildman–Crippen LogP) is 4.30. The lowest BCUT2D eigenvalue weighted by Gasteiger charge is -2.41. The van der Waals surface area contributed by atoms with Crippen molar-refractivity contribution in [3.05, 3.63) is 0 Å². The van der Waals surface area contributed by atoms with Crippen LogP contribution in [-0.4, -0.2) is 47.5 Å². The zero-order valence-electron chi connectivity index (χ0n) is 10.7. The summed E-state index contributed by atoms with van der Waals surface area (Å²) < 4.78 is 188. The summed E-state index contributed by atoms with van der Waals surface area (Å²) in [6.07, 6.45) is -7.64. The van der Waals surface area contributed by atoms with Crippen LogP contribution in [0.15, 0.2) is 0 Å². The largest absolute Gasteiger partial charge is 0.460 e. The minimum absolute atomic E-state index is 3.28. The van der Waals surface area contributed by atoms with Crippen molar-refractivity contribution in [2.75, 3.05) is 0 Å². The van der Waals surface area contributed by atoms with Gasteiger partial charge in [0.25, 0.3) is 0 Å². The van der Waals surface area contributed by atoms with Gasteiger partial charge in [0.1, 0.15) is 0 Å². The van der Waals surface area contributed by atoms with Gasteiger partial charge in [0.15, 0.2) is 5.84 Å². The number of halogens is 15. The summed E-state index contributed by atoms with van der Waals surface area (Å²) in [6, 6.07) is 0. The van der Waals surface area contributed by atoms with Crippen LogP contribution < -0.4 is 5.73 Å². The SMILES string of the molecule is N=C(N)C(F)(F)C(F)(F)C(F)(F)C(F)(F)C(F)(F)C(F)(F)C(F)(F)F. The van der Waals surface area contributed by atoms with Gasteiger partial charge in [0.05, 0.1) is 0 Å². The van der Waals surface area contributed by atoms with E-state index >= 15 is 0 Å². The Balaban J connectivity index is 6.55. The third-order valence-corrected chi connectivity index (χ3v) is 2.67. The normalized spacial score (nSPS) is 16.1. The number of hydrogen-bond acceptors (Lipinski definition) is 1. The van der Waals surface area contributed by atoms with Gasteiger partial charge in [0, 0.05) is 0 Å². The second-order valence-corrected chi connectivity index (χ2v) is 4.36. The quantitative estimate of drug-likeness (QED) is 0.382. The van der Waals surface area contributed by atoms with Gasteiger partial charge >= 0.3 is 41.7 Å². The van der Waals surface area contributed by atoms with E-state index in [1.807, 2.05) is 0 Å². The Morgan fingerprint density at radius 3 is 0.960 bits per heavy atom. The molecule has 0 aromatic rings. The second-order valence-electron chi connectivity index (χ2n) is 4.36. The minimum atomic E-state index is -8.36. The van der Waals surface area contributed by atoms with Crippen LogP contribution in [0.2, 0.25) is 0 Å². The van der Waals surface area contributed by atoms with Crippen molar-refractivity contribution < 1.29 is 65.9 Å². The highest BCUT2D eigenvalue weighted by atomic mass is 19.4. The standard InChI is InChI=1S/C8H3F15N2/c9-2(10,1(24)25)3(11,12)4(13,14)5(15,16)6(17,18)7(19,20)8(21,22)23/h(H3,24,25). The monoisotopic (exact) mass is 412 g/mol. The Morgan fingerprint density at radius 1 is 0.480 bits per heavy atom. The molecular weight excluding hydrogens is 409 g/mol. The topological polar surface area (TPSA) is 49.9 Å². The van der Waals surface area contributed by atoms with Crippen molar-refractivity contribution in [1.82, 2.24) is 0 Å². The van der Waals surface area contributed by atoms with Crippen LogP contribution in [-0.2, 0) is 0 Å². The summed E-state index contributed by atoms with van der Waals surface area (Å²) in [5.74, 6) is -50.7. The van der Waals surface area contributed by atoms with E-state index < -0.39 is 47.5 Å². The molecule has 0 amide bonds. The summed E-state index contributed by atoms with van der Waals surface area (Å²) in [5.41, 5.74) is 3.72. The molecule has 0 aliphatic heterocycles. The maximum absolute atomic E-state index is 12.9. The number of hydrogen-bond donors (Lipinski definition) is 2. The third kappa shape index (κ3) is 2.74. The Bertz CT molecular complexity index is 530. The van der Waals surface area contributed by atoms with Crippen LogP contribution >= 0.6 is 0 Å². The molecule has 3 N–H and O–H groups in total. The first-order valence-corrected chi connectivity index (χ1v) is 5.12. The van der Waals surface area contributed by atoms with Crippen LogP contribution in [0.25, 0.3) is 0 Å². The summed E-state index contributed by atoms with van der Waals surface area (Å²) in [5, 5.41) is 5.87. The van der Waals surface area contributed by atoms with Crippen LogP contribution in [0, 0.1) is 5.41 Å². The molecule has 0 aromatic heterocycles. The lowest BCUT2D eigenvalue weighted by Crippen LogP contribution is -2.73. The molecule has 0 saturated heterocycles. The van der Waals surface area contributed by atoms with Crippen molar-refractivity contribution in [3.8, 4) is 0 Å². The Labute approximate surface area is 126 Å². The van der Waals surface area contributed by atoms with Gasteiger partial charge in [-0.05, 0) is 0 Å². The molecule has 0 aliphatic rings. The van der Waals surface area contributed by atoms with Gasteiger partial charge in [-0.25, -0.2) is 0 Å². The Morgan fingerprint density at radius 2 is 0.720 bits per heavy atom. The van der Waals surface area contributed by atoms with Gasteiger partial charge < -0.3 is 5.73 Å². The van der Waals surface area contributed by atoms with Crippen LogP contribution in [0.5, 0.6) is 0 Å². The molecule has 0 heterocycles. The highest BCUT2D eigenvalue weighted by Crippen LogP contribution is 2.62. The molecule has 17 heteroatoms. The van der Waals surface area contributed by atoms with E-state index in [0.29, 0.717) is 0 Å². The first-order chi connectivity index (χ1) is 10.4. The molecular formula is C8H3F15N2. The van der Waals surface area contributed by atoms with E-state index in [9.17, 15) is 65.9 Å². The average molecular weight is 412 g/mol. The molecule has 0 atom stereocenters. The number of alkyl halides is 15. The van der Waals surface area contributed by atoms with E-state index in [0.717, 1.165) is 0 Å². The maximum atomic E-state index is 12.9. The van der Waals surface area contributed by atoms with Crippen molar-refractivity contribution in [2.24, 2.45) is 5.73 Å². The smallest absolute Gasteiger partial charge is 0.382 e. The zero-order chi connectivity index (χ0) is 21.1. The van der Waals surface area contributed by atoms with Crippen molar-refractivity contribution in [1.29, 1.82) is 5.41 Å². The molecule has 0 bridgehead atoms. The van der Waals surface area contributed by atoms with E-state index in [1.165, 1.54) is 0 Å². The molecule has 0 spiro atoms. The molecule has 0 saturated carbocycles. The Hall–Kier alpha value is -1.58. The average Bonchev–Trinajstić information content (AvgIpc) is 2.35. The maximum Gasteiger partial charge on any atom is 0.460 e. The second kappa shape index (κ2) is 5.46. The van der Waals surface area contributed by atoms with Crippen LogP contribution in [0.3, 0.4) is 0 Å². The molecule has 25 heavy (non-hydrogen) atoms. The number of nitrogens with one attached hydrogen (secondary N) is 1. The minimum Gasteiger partial charge on any atom is -0.382 e. The van der Waals surface area contributed by atoms with E-state index in [-0.39, 0.29) is 0 Å². The van der Waals surface area contributed by atoms with E-state index in [2.05, 4.69) is 5.73 Å². The summed E-state index contributed by atoms with van der Waals surface area (Å²) in [4.78, 5) is 0. The van der Waals surface area contributed by atoms with Crippen molar-refractivity contribution in [3.63, 3.8) is 0 Å². The predicted molar refractivity (Wildman–Crippen MR) is 47.7 cm³/mol. The molecule has 0 aliphatic carbocycles. The fourth-order valence-corrected chi connectivity index (χ4v) is 1.14. The van der Waals surface area contributed by atoms with Gasteiger partial charge in [0.2, 0.25) is 0 Å². The lowest BCUT2D eigenvalue weighted by molar-refractivity contribution is -0.448. The third-order valence-electron chi connectivity index (χ3n) is 2.67. The highest BCUT2D eigenvalue weighted by Gasteiger charge is 2.93. The zero-order valence-corrected chi connectivity index (χ0v) is 10.7. The fraction of sp³-hybridized carbons (Fsp3) is 0.875. The van der Waals surface area contributed by atoms with E-state index in [1.54, 1.807) is 0 Å². The van der Waals surface area contributed by atoms with Crippen LogP contribution in [0.1, 0.15) is 0 Å². The molecule has 0 unspecified atom stereocenters. The van der Waals surface area contributed by atoms with Gasteiger partial charge in [-0.3, -0.25) is 5.41 Å². The number of rotatable bonds is 6.